The first kappa shape index (κ1) is 9.91. The number of imidazole rings is 1. The molecule has 0 aliphatic heterocycles. The maximum absolute atomic E-state index is 13.0. The van der Waals surface area contributed by atoms with E-state index in [1.54, 1.807) is 0 Å². The average molecular weight is 273 g/mol. The van der Waals surface area contributed by atoms with Gasteiger partial charge in [0.2, 0.25) is 0 Å². The standard InChI is InChI=1S/C8H6BrFN4O/c9-4-1-3(10)2-14-6(11)5(7(12)15)13-8(4)14/h1-2H,11H2,(H2,12,15). The number of fused-ring (bicyclic) bond motifs is 1. The fourth-order valence-corrected chi connectivity index (χ4v) is 1.77. The molecular weight excluding hydrogens is 267 g/mol. The molecule has 0 saturated carbocycles. The highest BCUT2D eigenvalue weighted by atomic mass is 79.9. The third kappa shape index (κ3) is 1.44. The number of halogens is 2. The highest BCUT2D eigenvalue weighted by Gasteiger charge is 2.16. The number of anilines is 1. The van der Waals surface area contributed by atoms with Gasteiger partial charge in [0.15, 0.2) is 11.3 Å². The van der Waals surface area contributed by atoms with Crippen molar-refractivity contribution in [2.75, 3.05) is 5.73 Å². The van der Waals surface area contributed by atoms with Gasteiger partial charge < -0.3 is 11.5 Å². The van der Waals surface area contributed by atoms with Crippen molar-refractivity contribution in [2.45, 2.75) is 0 Å². The van der Waals surface area contributed by atoms with E-state index >= 15 is 0 Å². The molecule has 1 amide bonds. The number of nitrogens with two attached hydrogens (primary N) is 2. The average Bonchev–Trinajstić information content (AvgIpc) is 2.44. The Kier molecular flexibility index (Phi) is 2.11. The van der Waals surface area contributed by atoms with Gasteiger partial charge in [0.25, 0.3) is 5.91 Å². The summed E-state index contributed by atoms with van der Waals surface area (Å²) in [7, 11) is 0. The van der Waals surface area contributed by atoms with Crippen LogP contribution in [0.3, 0.4) is 0 Å². The predicted molar refractivity (Wildman–Crippen MR) is 55.8 cm³/mol. The molecule has 0 bridgehead atoms. The van der Waals surface area contributed by atoms with E-state index in [9.17, 15) is 9.18 Å². The Morgan fingerprint density at radius 1 is 1.60 bits per heavy atom. The highest BCUT2D eigenvalue weighted by molar-refractivity contribution is 9.10. The van der Waals surface area contributed by atoms with Gasteiger partial charge >= 0.3 is 0 Å². The molecule has 0 aliphatic rings. The van der Waals surface area contributed by atoms with Crippen LogP contribution in [0.2, 0.25) is 0 Å². The summed E-state index contributed by atoms with van der Waals surface area (Å²) >= 11 is 3.11. The molecule has 5 nitrogen and oxygen atoms in total. The Morgan fingerprint density at radius 3 is 2.87 bits per heavy atom. The van der Waals surface area contributed by atoms with Gasteiger partial charge in [0.05, 0.1) is 4.47 Å². The normalized spacial score (nSPS) is 10.8. The topological polar surface area (TPSA) is 86.4 Å². The molecule has 2 heterocycles. The minimum absolute atomic E-state index is 0.0256. The number of pyridine rings is 1. The summed E-state index contributed by atoms with van der Waals surface area (Å²) in [5.74, 6) is -1.21. The van der Waals surface area contributed by atoms with Gasteiger partial charge in [-0.1, -0.05) is 0 Å². The summed E-state index contributed by atoms with van der Waals surface area (Å²) < 4.78 is 14.7. The predicted octanol–water partition coefficient (Wildman–Crippen LogP) is 0.917. The summed E-state index contributed by atoms with van der Waals surface area (Å²) in [4.78, 5) is 14.8. The molecule has 7 heteroatoms. The molecule has 0 fully saturated rings. The van der Waals surface area contributed by atoms with Crippen LogP contribution in [0.5, 0.6) is 0 Å². The molecule has 0 aliphatic carbocycles. The lowest BCUT2D eigenvalue weighted by Gasteiger charge is -1.98. The molecule has 0 unspecified atom stereocenters. The SMILES string of the molecule is NC(=O)c1nc2c(Br)cc(F)cn2c1N. The molecule has 2 rings (SSSR count). The molecule has 0 atom stereocenters. The van der Waals surface area contributed by atoms with Crippen LogP contribution in [0, 0.1) is 5.82 Å². The first-order valence-electron chi connectivity index (χ1n) is 3.93. The first-order valence-corrected chi connectivity index (χ1v) is 4.72. The number of carbonyl (C=O) groups is 1. The van der Waals surface area contributed by atoms with Crippen LogP contribution in [0.4, 0.5) is 10.2 Å². The largest absolute Gasteiger partial charge is 0.383 e. The summed E-state index contributed by atoms with van der Waals surface area (Å²) in [5.41, 5.74) is 10.9. The van der Waals surface area contributed by atoms with Crippen LogP contribution in [0.25, 0.3) is 5.65 Å². The second-order valence-corrected chi connectivity index (χ2v) is 3.76. The summed E-state index contributed by atoms with van der Waals surface area (Å²) in [5, 5.41) is 0. The van der Waals surface area contributed by atoms with E-state index in [0.29, 0.717) is 10.1 Å². The number of rotatable bonds is 1. The van der Waals surface area contributed by atoms with E-state index in [4.69, 9.17) is 11.5 Å². The van der Waals surface area contributed by atoms with E-state index in [-0.39, 0.29) is 11.5 Å². The number of nitrogens with zero attached hydrogens (tertiary/aromatic N) is 2. The highest BCUT2D eigenvalue weighted by Crippen LogP contribution is 2.23. The fourth-order valence-electron chi connectivity index (χ4n) is 1.27. The molecule has 0 saturated heterocycles. The maximum Gasteiger partial charge on any atom is 0.271 e. The monoisotopic (exact) mass is 272 g/mol. The van der Waals surface area contributed by atoms with Crippen molar-refractivity contribution < 1.29 is 9.18 Å². The van der Waals surface area contributed by atoms with Gasteiger partial charge in [-0.25, -0.2) is 9.37 Å². The Bertz CT molecular complexity index is 565. The van der Waals surface area contributed by atoms with Gasteiger partial charge in [-0.05, 0) is 22.0 Å². The van der Waals surface area contributed by atoms with Gasteiger partial charge in [-0.15, -0.1) is 0 Å². The Hall–Kier alpha value is -1.63. The Morgan fingerprint density at radius 2 is 2.27 bits per heavy atom. The summed E-state index contributed by atoms with van der Waals surface area (Å²) in [6.07, 6.45) is 1.13. The molecule has 0 spiro atoms. The second-order valence-electron chi connectivity index (χ2n) is 2.91. The van der Waals surface area contributed by atoms with E-state index in [1.165, 1.54) is 10.5 Å². The van der Waals surface area contributed by atoms with E-state index in [2.05, 4.69) is 20.9 Å². The van der Waals surface area contributed by atoms with Crippen molar-refractivity contribution in [2.24, 2.45) is 5.73 Å². The lowest BCUT2D eigenvalue weighted by atomic mass is 10.4. The molecular formula is C8H6BrFN4O. The Labute approximate surface area is 92.0 Å². The smallest absolute Gasteiger partial charge is 0.271 e. The molecule has 78 valence electrons. The van der Waals surface area contributed by atoms with Crippen molar-refractivity contribution >= 4 is 33.3 Å². The molecule has 4 N–H and O–H groups in total. The number of amides is 1. The van der Waals surface area contributed by atoms with Crippen LogP contribution < -0.4 is 11.5 Å². The maximum atomic E-state index is 13.0. The lowest BCUT2D eigenvalue weighted by Crippen LogP contribution is -2.13. The van der Waals surface area contributed by atoms with Gasteiger partial charge in [-0.3, -0.25) is 9.20 Å². The van der Waals surface area contributed by atoms with Crippen LogP contribution in [0.15, 0.2) is 16.7 Å². The first-order chi connectivity index (χ1) is 7.00. The van der Waals surface area contributed by atoms with Crippen molar-refractivity contribution in [3.63, 3.8) is 0 Å². The minimum Gasteiger partial charge on any atom is -0.383 e. The zero-order valence-electron chi connectivity index (χ0n) is 7.37. The molecule has 15 heavy (non-hydrogen) atoms. The number of aromatic nitrogens is 2. The van der Waals surface area contributed by atoms with Crippen molar-refractivity contribution in [3.05, 3.63) is 28.2 Å². The van der Waals surface area contributed by atoms with E-state index in [0.717, 1.165) is 6.20 Å². The molecule has 0 radical (unpaired) electrons. The van der Waals surface area contributed by atoms with Crippen LogP contribution in [-0.4, -0.2) is 15.3 Å². The number of hydrogen-bond acceptors (Lipinski definition) is 3. The van der Waals surface area contributed by atoms with Crippen LogP contribution in [-0.2, 0) is 0 Å². The van der Waals surface area contributed by atoms with Gasteiger partial charge in [0, 0.05) is 6.20 Å². The van der Waals surface area contributed by atoms with Crippen molar-refractivity contribution in [1.29, 1.82) is 0 Å². The number of carbonyl (C=O) groups excluding carboxylic acids is 1. The summed E-state index contributed by atoms with van der Waals surface area (Å²) in [6, 6.07) is 1.23. The zero-order valence-corrected chi connectivity index (χ0v) is 8.95. The number of primary amides is 1. The van der Waals surface area contributed by atoms with Crippen molar-refractivity contribution in [1.82, 2.24) is 9.38 Å². The third-order valence-corrected chi connectivity index (χ3v) is 2.50. The number of hydrogen-bond donors (Lipinski definition) is 2. The number of nitrogen functional groups attached to an aromatic ring is 1. The summed E-state index contributed by atoms with van der Waals surface area (Å²) in [6.45, 7) is 0. The lowest BCUT2D eigenvalue weighted by molar-refractivity contribution is 0.0997. The van der Waals surface area contributed by atoms with E-state index < -0.39 is 11.7 Å². The fraction of sp³-hybridized carbons (Fsp3) is 0. The zero-order chi connectivity index (χ0) is 11.2. The van der Waals surface area contributed by atoms with Crippen LogP contribution >= 0.6 is 15.9 Å². The van der Waals surface area contributed by atoms with Gasteiger partial charge in [-0.2, -0.15) is 0 Å². The van der Waals surface area contributed by atoms with Crippen LogP contribution in [0.1, 0.15) is 10.5 Å². The molecule has 0 aromatic carbocycles. The second kappa shape index (κ2) is 3.20. The van der Waals surface area contributed by atoms with E-state index in [1.807, 2.05) is 0 Å². The van der Waals surface area contributed by atoms with Gasteiger partial charge in [0.1, 0.15) is 11.6 Å². The quantitative estimate of drug-likeness (QED) is 0.809. The molecule has 2 aromatic heterocycles. The minimum atomic E-state index is -0.747. The molecule has 2 aromatic rings. The van der Waals surface area contributed by atoms with Crippen molar-refractivity contribution in [3.8, 4) is 0 Å². The third-order valence-electron chi connectivity index (χ3n) is 1.91. The Balaban J connectivity index is 2.88.